The lowest BCUT2D eigenvalue weighted by molar-refractivity contribution is 0.0696. The number of sulfonamides is 1. The van der Waals surface area contributed by atoms with E-state index in [1.54, 1.807) is 13.8 Å². The van der Waals surface area contributed by atoms with E-state index in [4.69, 9.17) is 16.7 Å². The van der Waals surface area contributed by atoms with Gasteiger partial charge in [0.25, 0.3) is 0 Å². The van der Waals surface area contributed by atoms with Gasteiger partial charge in [0, 0.05) is 6.54 Å². The van der Waals surface area contributed by atoms with E-state index in [2.05, 4.69) is 4.72 Å². The van der Waals surface area contributed by atoms with Crippen molar-refractivity contribution in [3.8, 4) is 0 Å². The molecule has 0 aliphatic heterocycles. The number of nitrogens with one attached hydrogen (secondary N) is 1. The molecule has 20 heavy (non-hydrogen) atoms. The predicted molar refractivity (Wildman–Crippen MR) is 74.4 cm³/mol. The number of aliphatic hydroxyl groups excluding tert-OH is 1. The zero-order valence-corrected chi connectivity index (χ0v) is 12.6. The maximum atomic E-state index is 12.1. The molecule has 1 aromatic rings. The molecule has 1 aromatic carbocycles. The fourth-order valence-electron chi connectivity index (χ4n) is 1.35. The van der Waals surface area contributed by atoms with Crippen LogP contribution < -0.4 is 4.72 Å². The molecule has 0 aliphatic rings. The van der Waals surface area contributed by atoms with Crippen LogP contribution in [0.2, 0.25) is 5.02 Å². The molecule has 0 spiro atoms. The topological polar surface area (TPSA) is 104 Å². The highest BCUT2D eigenvalue weighted by atomic mass is 35.5. The first-order valence-corrected chi connectivity index (χ1v) is 7.72. The van der Waals surface area contributed by atoms with Gasteiger partial charge in [0.15, 0.2) is 0 Å². The third-order valence-electron chi connectivity index (χ3n) is 2.72. The van der Waals surface area contributed by atoms with Crippen LogP contribution in [0.3, 0.4) is 0 Å². The average molecular weight is 322 g/mol. The molecule has 8 heteroatoms. The molecule has 0 amide bonds. The Morgan fingerprint density at radius 1 is 1.40 bits per heavy atom. The fraction of sp³-hybridized carbons (Fsp3) is 0.417. The minimum Gasteiger partial charge on any atom is -0.478 e. The van der Waals surface area contributed by atoms with Gasteiger partial charge in [-0.25, -0.2) is 17.9 Å². The molecule has 6 nitrogen and oxygen atoms in total. The zero-order valence-electron chi connectivity index (χ0n) is 11.0. The molecule has 0 aromatic heterocycles. The Hall–Kier alpha value is -1.15. The number of carboxylic acids is 1. The van der Waals surface area contributed by atoms with Gasteiger partial charge in [-0.2, -0.15) is 0 Å². The van der Waals surface area contributed by atoms with Crippen molar-refractivity contribution in [1.82, 2.24) is 4.72 Å². The standard InChI is InChI=1S/C12H16ClNO5S/c1-7(2)10(15)6-14-20(18,19)11-5-8(12(16)17)3-4-9(11)13/h3-5,7,10,14-15H,6H2,1-2H3,(H,16,17). The summed E-state index contributed by atoms with van der Waals surface area (Å²) in [6, 6.07) is 3.40. The molecule has 3 N–H and O–H groups in total. The van der Waals surface area contributed by atoms with Crippen LogP contribution in [0.5, 0.6) is 0 Å². The van der Waals surface area contributed by atoms with Crippen molar-refractivity contribution in [2.24, 2.45) is 5.92 Å². The van der Waals surface area contributed by atoms with Crippen molar-refractivity contribution >= 4 is 27.6 Å². The van der Waals surface area contributed by atoms with E-state index in [0.29, 0.717) is 0 Å². The number of halogens is 1. The first-order chi connectivity index (χ1) is 9.15. The monoisotopic (exact) mass is 321 g/mol. The van der Waals surface area contributed by atoms with E-state index >= 15 is 0 Å². The van der Waals surface area contributed by atoms with Gasteiger partial charge in [-0.15, -0.1) is 0 Å². The molecule has 0 bridgehead atoms. The normalized spacial score (nSPS) is 13.4. The number of rotatable bonds is 6. The number of aliphatic hydroxyl groups is 1. The SMILES string of the molecule is CC(C)C(O)CNS(=O)(=O)c1cc(C(=O)O)ccc1Cl. The summed E-state index contributed by atoms with van der Waals surface area (Å²) in [6.45, 7) is 3.32. The first-order valence-electron chi connectivity index (χ1n) is 5.85. The van der Waals surface area contributed by atoms with Crippen LogP contribution in [0.25, 0.3) is 0 Å². The molecule has 0 aliphatic carbocycles. The molecule has 1 atom stereocenters. The van der Waals surface area contributed by atoms with Crippen LogP contribution in [0, 0.1) is 5.92 Å². The van der Waals surface area contributed by atoms with Crippen molar-refractivity contribution in [2.75, 3.05) is 6.54 Å². The number of benzene rings is 1. The summed E-state index contributed by atoms with van der Waals surface area (Å²) in [6.07, 6.45) is -0.841. The van der Waals surface area contributed by atoms with Gasteiger partial charge >= 0.3 is 5.97 Å². The fourth-order valence-corrected chi connectivity index (χ4v) is 2.93. The minimum absolute atomic E-state index is 0.0819. The molecule has 0 heterocycles. The van der Waals surface area contributed by atoms with Crippen LogP contribution in [0.4, 0.5) is 0 Å². The van der Waals surface area contributed by atoms with E-state index in [1.807, 2.05) is 0 Å². The Morgan fingerprint density at radius 3 is 2.50 bits per heavy atom. The second-order valence-corrected chi connectivity index (χ2v) is 6.76. The summed E-state index contributed by atoms with van der Waals surface area (Å²) < 4.78 is 26.3. The second-order valence-electron chi connectivity index (χ2n) is 4.61. The molecule has 1 rings (SSSR count). The number of carbonyl (C=O) groups is 1. The summed E-state index contributed by atoms with van der Waals surface area (Å²) in [5.74, 6) is -1.36. The lowest BCUT2D eigenvalue weighted by Crippen LogP contribution is -2.34. The van der Waals surface area contributed by atoms with Crippen molar-refractivity contribution in [3.05, 3.63) is 28.8 Å². The molecular weight excluding hydrogens is 306 g/mol. The van der Waals surface area contributed by atoms with Crippen molar-refractivity contribution < 1.29 is 23.4 Å². The van der Waals surface area contributed by atoms with E-state index in [-0.39, 0.29) is 27.9 Å². The van der Waals surface area contributed by atoms with Crippen LogP contribution >= 0.6 is 11.6 Å². The summed E-state index contributed by atoms with van der Waals surface area (Å²) in [5, 5.41) is 18.4. The van der Waals surface area contributed by atoms with Crippen molar-refractivity contribution in [1.29, 1.82) is 0 Å². The number of hydrogen-bond donors (Lipinski definition) is 3. The number of hydrogen-bond acceptors (Lipinski definition) is 4. The Morgan fingerprint density at radius 2 is 2.00 bits per heavy atom. The van der Waals surface area contributed by atoms with Gasteiger partial charge in [-0.3, -0.25) is 0 Å². The molecule has 1 unspecified atom stereocenters. The summed E-state index contributed by atoms with van der Waals surface area (Å²) in [4.78, 5) is 10.5. The van der Waals surface area contributed by atoms with Crippen LogP contribution in [0.1, 0.15) is 24.2 Å². The average Bonchev–Trinajstić information content (AvgIpc) is 2.35. The summed E-state index contributed by atoms with van der Waals surface area (Å²) >= 11 is 5.79. The van der Waals surface area contributed by atoms with Gasteiger partial charge in [0.1, 0.15) is 4.90 Å². The number of aromatic carboxylic acids is 1. The van der Waals surface area contributed by atoms with Gasteiger partial charge in [0.2, 0.25) is 10.0 Å². The van der Waals surface area contributed by atoms with Gasteiger partial charge in [-0.1, -0.05) is 25.4 Å². The maximum absolute atomic E-state index is 12.1. The Bertz CT molecular complexity index is 600. The molecular formula is C12H16ClNO5S. The van der Waals surface area contributed by atoms with Gasteiger partial charge in [0.05, 0.1) is 16.7 Å². The zero-order chi connectivity index (χ0) is 15.5. The van der Waals surface area contributed by atoms with Crippen LogP contribution in [0.15, 0.2) is 23.1 Å². The smallest absolute Gasteiger partial charge is 0.335 e. The summed E-state index contributed by atoms with van der Waals surface area (Å²) in [5.41, 5.74) is -0.181. The van der Waals surface area contributed by atoms with Crippen molar-refractivity contribution in [2.45, 2.75) is 24.8 Å². The highest BCUT2D eigenvalue weighted by Crippen LogP contribution is 2.22. The molecule has 0 saturated carbocycles. The van der Waals surface area contributed by atoms with Crippen LogP contribution in [-0.4, -0.2) is 37.2 Å². The number of carboxylic acid groups (broad SMARTS) is 1. The van der Waals surface area contributed by atoms with Gasteiger partial charge in [-0.05, 0) is 24.1 Å². The largest absolute Gasteiger partial charge is 0.478 e. The van der Waals surface area contributed by atoms with E-state index in [0.717, 1.165) is 6.07 Å². The Kier molecular flexibility index (Phi) is 5.52. The van der Waals surface area contributed by atoms with E-state index < -0.39 is 22.1 Å². The third-order valence-corrected chi connectivity index (χ3v) is 4.62. The van der Waals surface area contributed by atoms with Gasteiger partial charge < -0.3 is 10.2 Å². The first kappa shape index (κ1) is 16.9. The van der Waals surface area contributed by atoms with Crippen LogP contribution in [-0.2, 0) is 10.0 Å². The highest BCUT2D eigenvalue weighted by Gasteiger charge is 2.21. The summed E-state index contributed by atoms with van der Waals surface area (Å²) in [7, 11) is -3.98. The van der Waals surface area contributed by atoms with Crippen molar-refractivity contribution in [3.63, 3.8) is 0 Å². The predicted octanol–water partition coefficient (Wildman–Crippen LogP) is 1.33. The lowest BCUT2D eigenvalue weighted by atomic mass is 10.1. The quantitative estimate of drug-likeness (QED) is 0.733. The molecule has 0 saturated heterocycles. The molecule has 0 fully saturated rings. The molecule has 0 radical (unpaired) electrons. The minimum atomic E-state index is -3.98. The third kappa shape index (κ3) is 4.17. The van der Waals surface area contributed by atoms with E-state index in [9.17, 15) is 18.3 Å². The molecule has 112 valence electrons. The Balaban J connectivity index is 3.03. The Labute approximate surface area is 122 Å². The maximum Gasteiger partial charge on any atom is 0.335 e. The second kappa shape index (κ2) is 6.53. The van der Waals surface area contributed by atoms with E-state index in [1.165, 1.54) is 12.1 Å². The lowest BCUT2D eigenvalue weighted by Gasteiger charge is -2.15. The highest BCUT2D eigenvalue weighted by molar-refractivity contribution is 7.89.